The molecule has 0 spiro atoms. The van der Waals surface area contributed by atoms with Gasteiger partial charge in [-0.2, -0.15) is 0 Å². The van der Waals surface area contributed by atoms with Gasteiger partial charge in [-0.25, -0.2) is 13.2 Å². The van der Waals surface area contributed by atoms with Crippen LogP contribution < -0.4 is 11.3 Å². The zero-order chi connectivity index (χ0) is 13.3. The van der Waals surface area contributed by atoms with E-state index < -0.39 is 23.5 Å². The molecule has 0 bridgehead atoms. The standard InChI is InChI=1S/C13H17F3N2/c1-13(6-2-3-7-13)12(18-17)8-4-5-9(14)11(16)10(8)15/h4-5,12,18H,2-3,6-7,17H2,1H3. The van der Waals surface area contributed by atoms with Crippen LogP contribution in [0.4, 0.5) is 13.2 Å². The highest BCUT2D eigenvalue weighted by atomic mass is 19.2. The molecular formula is C13H17F3N2. The van der Waals surface area contributed by atoms with E-state index >= 15 is 0 Å². The van der Waals surface area contributed by atoms with Crippen molar-refractivity contribution in [1.82, 2.24) is 5.43 Å². The summed E-state index contributed by atoms with van der Waals surface area (Å²) in [7, 11) is 0. The third-order valence-corrected chi connectivity index (χ3v) is 3.99. The Morgan fingerprint density at radius 2 is 1.78 bits per heavy atom. The second-order valence-corrected chi connectivity index (χ2v) is 5.23. The van der Waals surface area contributed by atoms with E-state index in [9.17, 15) is 13.2 Å². The average Bonchev–Trinajstić information content (AvgIpc) is 2.78. The molecule has 0 amide bonds. The summed E-state index contributed by atoms with van der Waals surface area (Å²) in [5.74, 6) is 1.73. The lowest BCUT2D eigenvalue weighted by Gasteiger charge is -2.34. The van der Waals surface area contributed by atoms with E-state index in [-0.39, 0.29) is 11.0 Å². The predicted octanol–water partition coefficient (Wildman–Crippen LogP) is 3.19. The minimum Gasteiger partial charge on any atom is -0.271 e. The van der Waals surface area contributed by atoms with E-state index in [1.54, 1.807) is 0 Å². The Hall–Kier alpha value is -1.07. The number of nitrogens with two attached hydrogens (primary N) is 1. The van der Waals surface area contributed by atoms with Gasteiger partial charge in [0.05, 0.1) is 6.04 Å². The van der Waals surface area contributed by atoms with E-state index in [4.69, 9.17) is 5.84 Å². The van der Waals surface area contributed by atoms with Crippen LogP contribution in [0.3, 0.4) is 0 Å². The van der Waals surface area contributed by atoms with Crippen molar-refractivity contribution >= 4 is 0 Å². The molecule has 1 atom stereocenters. The van der Waals surface area contributed by atoms with Crippen LogP contribution >= 0.6 is 0 Å². The van der Waals surface area contributed by atoms with Gasteiger partial charge in [0.2, 0.25) is 0 Å². The first-order valence-electron chi connectivity index (χ1n) is 6.09. The second-order valence-electron chi connectivity index (χ2n) is 5.23. The highest BCUT2D eigenvalue weighted by Crippen LogP contribution is 2.47. The topological polar surface area (TPSA) is 38.0 Å². The van der Waals surface area contributed by atoms with Crippen LogP contribution in [-0.4, -0.2) is 0 Å². The fraction of sp³-hybridized carbons (Fsp3) is 0.538. The molecule has 1 aliphatic rings. The van der Waals surface area contributed by atoms with Gasteiger partial charge in [-0.05, 0) is 24.3 Å². The van der Waals surface area contributed by atoms with Crippen LogP contribution in [0.1, 0.15) is 44.2 Å². The first kappa shape index (κ1) is 13.4. The lowest BCUT2D eigenvalue weighted by Crippen LogP contribution is -2.39. The van der Waals surface area contributed by atoms with Crippen molar-refractivity contribution in [3.63, 3.8) is 0 Å². The molecule has 3 N–H and O–H groups in total. The number of hydrogen-bond acceptors (Lipinski definition) is 2. The monoisotopic (exact) mass is 258 g/mol. The van der Waals surface area contributed by atoms with Gasteiger partial charge in [0.25, 0.3) is 0 Å². The molecule has 0 heterocycles. The maximum atomic E-state index is 13.8. The molecule has 0 radical (unpaired) electrons. The van der Waals surface area contributed by atoms with Gasteiger partial charge in [0.1, 0.15) is 0 Å². The average molecular weight is 258 g/mol. The normalized spacial score (nSPS) is 20.1. The van der Waals surface area contributed by atoms with Crippen LogP contribution in [0, 0.1) is 22.9 Å². The third-order valence-electron chi connectivity index (χ3n) is 3.99. The first-order valence-corrected chi connectivity index (χ1v) is 6.09. The summed E-state index contributed by atoms with van der Waals surface area (Å²) in [6.45, 7) is 1.99. The molecule has 100 valence electrons. The van der Waals surface area contributed by atoms with Crippen molar-refractivity contribution < 1.29 is 13.2 Å². The van der Waals surface area contributed by atoms with Crippen LogP contribution in [-0.2, 0) is 0 Å². The van der Waals surface area contributed by atoms with Crippen LogP contribution in [0.5, 0.6) is 0 Å². The molecular weight excluding hydrogens is 241 g/mol. The second kappa shape index (κ2) is 4.90. The van der Waals surface area contributed by atoms with Crippen molar-refractivity contribution in [2.24, 2.45) is 11.3 Å². The molecule has 1 aromatic carbocycles. The first-order chi connectivity index (χ1) is 8.49. The van der Waals surface area contributed by atoms with Crippen molar-refractivity contribution in [3.8, 4) is 0 Å². The summed E-state index contributed by atoms with van der Waals surface area (Å²) in [6, 6.07) is 1.70. The molecule has 0 aliphatic heterocycles. The lowest BCUT2D eigenvalue weighted by molar-refractivity contribution is 0.218. The molecule has 0 aromatic heterocycles. The number of hydrogen-bond donors (Lipinski definition) is 2. The fourth-order valence-electron chi connectivity index (χ4n) is 2.90. The summed E-state index contributed by atoms with van der Waals surface area (Å²) in [4.78, 5) is 0. The Morgan fingerprint density at radius 3 is 2.33 bits per heavy atom. The predicted molar refractivity (Wildman–Crippen MR) is 63.0 cm³/mol. The maximum Gasteiger partial charge on any atom is 0.194 e. The van der Waals surface area contributed by atoms with E-state index in [1.165, 1.54) is 6.07 Å². The Labute approximate surface area is 104 Å². The van der Waals surface area contributed by atoms with Gasteiger partial charge < -0.3 is 0 Å². The smallest absolute Gasteiger partial charge is 0.194 e. The molecule has 2 rings (SSSR count). The maximum absolute atomic E-state index is 13.8. The van der Waals surface area contributed by atoms with Crippen molar-refractivity contribution in [2.45, 2.75) is 38.6 Å². The minimum absolute atomic E-state index is 0.0980. The number of benzene rings is 1. The van der Waals surface area contributed by atoms with E-state index in [2.05, 4.69) is 5.43 Å². The summed E-state index contributed by atoms with van der Waals surface area (Å²) in [6.07, 6.45) is 3.86. The molecule has 2 nitrogen and oxygen atoms in total. The quantitative estimate of drug-likeness (QED) is 0.496. The van der Waals surface area contributed by atoms with Crippen LogP contribution in [0.15, 0.2) is 12.1 Å². The van der Waals surface area contributed by atoms with Gasteiger partial charge in [-0.3, -0.25) is 11.3 Å². The third kappa shape index (κ3) is 2.12. The Balaban J connectivity index is 2.42. The van der Waals surface area contributed by atoms with E-state index in [1.807, 2.05) is 6.92 Å². The summed E-state index contributed by atoms with van der Waals surface area (Å²) in [5, 5.41) is 0. The molecule has 1 unspecified atom stereocenters. The molecule has 1 saturated carbocycles. The fourth-order valence-corrected chi connectivity index (χ4v) is 2.90. The van der Waals surface area contributed by atoms with Crippen molar-refractivity contribution in [1.29, 1.82) is 0 Å². The molecule has 1 fully saturated rings. The number of nitrogens with one attached hydrogen (secondary N) is 1. The Kier molecular flexibility index (Phi) is 3.64. The van der Waals surface area contributed by atoms with Gasteiger partial charge in [0, 0.05) is 5.56 Å². The minimum atomic E-state index is -1.44. The van der Waals surface area contributed by atoms with Crippen molar-refractivity contribution in [3.05, 3.63) is 35.1 Å². The van der Waals surface area contributed by atoms with Gasteiger partial charge in [0.15, 0.2) is 17.5 Å². The summed E-state index contributed by atoms with van der Waals surface area (Å²) < 4.78 is 40.0. The van der Waals surface area contributed by atoms with Gasteiger partial charge >= 0.3 is 0 Å². The van der Waals surface area contributed by atoms with Crippen LogP contribution in [0.25, 0.3) is 0 Å². The van der Waals surface area contributed by atoms with E-state index in [0.29, 0.717) is 0 Å². The zero-order valence-corrected chi connectivity index (χ0v) is 10.3. The Morgan fingerprint density at radius 1 is 1.17 bits per heavy atom. The summed E-state index contributed by atoms with van der Waals surface area (Å²) >= 11 is 0. The Bertz CT molecular complexity index is 442. The van der Waals surface area contributed by atoms with Gasteiger partial charge in [-0.1, -0.05) is 25.8 Å². The van der Waals surface area contributed by atoms with Crippen molar-refractivity contribution in [2.75, 3.05) is 0 Å². The number of rotatable bonds is 3. The lowest BCUT2D eigenvalue weighted by atomic mass is 9.77. The summed E-state index contributed by atoms with van der Waals surface area (Å²) in [5.41, 5.74) is 2.43. The molecule has 18 heavy (non-hydrogen) atoms. The molecule has 0 saturated heterocycles. The zero-order valence-electron chi connectivity index (χ0n) is 10.3. The molecule has 5 heteroatoms. The highest BCUT2D eigenvalue weighted by Gasteiger charge is 2.39. The number of hydrazine groups is 1. The molecule has 1 aromatic rings. The van der Waals surface area contributed by atoms with Crippen LogP contribution in [0.2, 0.25) is 0 Å². The molecule has 1 aliphatic carbocycles. The SMILES string of the molecule is CC1(C(NN)c2ccc(F)c(F)c2F)CCCC1. The van der Waals surface area contributed by atoms with E-state index in [0.717, 1.165) is 31.7 Å². The van der Waals surface area contributed by atoms with Gasteiger partial charge in [-0.15, -0.1) is 0 Å². The highest BCUT2D eigenvalue weighted by molar-refractivity contribution is 5.25. The largest absolute Gasteiger partial charge is 0.271 e. The number of halogens is 3.